The van der Waals surface area contributed by atoms with Gasteiger partial charge in [-0.05, 0) is 31.6 Å². The van der Waals surface area contributed by atoms with Crippen molar-refractivity contribution in [3.8, 4) is 0 Å². The minimum Gasteiger partial charge on any atom is -0.480 e. The number of carbonyl (C=O) groups excluding carboxylic acids is 3. The molecule has 0 aromatic rings. The van der Waals surface area contributed by atoms with Crippen LogP contribution in [0.25, 0.3) is 0 Å². The summed E-state index contributed by atoms with van der Waals surface area (Å²) in [4.78, 5) is 48.6. The molecule has 3 amide bonds. The second kappa shape index (κ2) is 13.5. The lowest BCUT2D eigenvalue weighted by Gasteiger charge is -2.27. The van der Waals surface area contributed by atoms with E-state index in [0.717, 1.165) is 0 Å². The van der Waals surface area contributed by atoms with Gasteiger partial charge in [0.05, 0.1) is 12.1 Å². The number of thiol groups is 1. The van der Waals surface area contributed by atoms with Crippen LogP contribution in [0.1, 0.15) is 47.5 Å². The van der Waals surface area contributed by atoms with E-state index in [1.807, 2.05) is 27.7 Å². The van der Waals surface area contributed by atoms with E-state index in [4.69, 9.17) is 10.8 Å². The Bertz CT molecular complexity index is 600. The van der Waals surface area contributed by atoms with E-state index in [1.54, 1.807) is 0 Å². The predicted molar refractivity (Wildman–Crippen MR) is 116 cm³/mol. The number of nitrogens with one attached hydrogen (secondary N) is 3. The Hall–Kier alpha value is -1.85. The quantitative estimate of drug-likeness (QED) is 0.182. The smallest absolute Gasteiger partial charge is 0.327 e. The lowest BCUT2D eigenvalue weighted by atomic mass is 10.00. The van der Waals surface area contributed by atoms with E-state index < -0.39 is 54.0 Å². The second-order valence-corrected chi connectivity index (χ2v) is 8.60. The molecule has 0 aliphatic rings. The van der Waals surface area contributed by atoms with Crippen molar-refractivity contribution >= 4 is 36.3 Å². The van der Waals surface area contributed by atoms with E-state index in [-0.39, 0.29) is 24.0 Å². The normalized spacial score (nSPS) is 16.3. The highest BCUT2D eigenvalue weighted by atomic mass is 32.1. The molecule has 0 aliphatic carbocycles. The third-order valence-corrected chi connectivity index (χ3v) is 4.63. The van der Waals surface area contributed by atoms with Gasteiger partial charge in [-0.1, -0.05) is 27.7 Å². The monoisotopic (exact) mass is 448 g/mol. The molecule has 7 N–H and O–H groups in total. The number of aliphatic hydroxyl groups excluding tert-OH is 1. The average molecular weight is 449 g/mol. The van der Waals surface area contributed by atoms with Gasteiger partial charge >= 0.3 is 5.97 Å². The molecule has 0 saturated carbocycles. The summed E-state index contributed by atoms with van der Waals surface area (Å²) in [5, 5.41) is 26.2. The average Bonchev–Trinajstić information content (AvgIpc) is 2.61. The first-order valence-corrected chi connectivity index (χ1v) is 10.6. The molecule has 0 aromatic carbocycles. The standard InChI is InChI=1S/C19H36N4O6S/c1-9(2)6-12(20)16(25)21-13(7-10(3)4)17(26)23-15(11(5)24)18(27)22-14(8-30)19(28)29/h9-15,24,30H,6-8,20H2,1-5H3,(H,21,25)(H,22,27)(H,23,26)(H,28,29). The van der Waals surface area contributed by atoms with Crippen molar-refractivity contribution in [1.29, 1.82) is 0 Å². The van der Waals surface area contributed by atoms with Gasteiger partial charge < -0.3 is 31.9 Å². The summed E-state index contributed by atoms with van der Waals surface area (Å²) in [6.07, 6.45) is -0.572. The molecule has 11 heteroatoms. The largest absolute Gasteiger partial charge is 0.480 e. The highest BCUT2D eigenvalue weighted by Gasteiger charge is 2.32. The van der Waals surface area contributed by atoms with Crippen LogP contribution < -0.4 is 21.7 Å². The van der Waals surface area contributed by atoms with Crippen LogP contribution in [-0.4, -0.2) is 69.9 Å². The van der Waals surface area contributed by atoms with Crippen LogP contribution in [-0.2, 0) is 19.2 Å². The predicted octanol–water partition coefficient (Wildman–Crippen LogP) is -0.744. The fourth-order valence-electron chi connectivity index (χ4n) is 2.70. The molecule has 174 valence electrons. The summed E-state index contributed by atoms with van der Waals surface area (Å²) in [5.74, 6) is -3.25. The summed E-state index contributed by atoms with van der Waals surface area (Å²) in [5.41, 5.74) is 5.88. The van der Waals surface area contributed by atoms with E-state index in [1.165, 1.54) is 6.92 Å². The lowest BCUT2D eigenvalue weighted by Crippen LogP contribution is -2.60. The zero-order valence-electron chi connectivity index (χ0n) is 18.2. The maximum absolute atomic E-state index is 12.8. The molecule has 0 heterocycles. The number of carbonyl (C=O) groups is 4. The number of nitrogens with two attached hydrogens (primary N) is 1. The highest BCUT2D eigenvalue weighted by Crippen LogP contribution is 2.08. The molecule has 0 saturated heterocycles. The van der Waals surface area contributed by atoms with E-state index >= 15 is 0 Å². The first-order chi connectivity index (χ1) is 13.8. The fraction of sp³-hybridized carbons (Fsp3) is 0.789. The second-order valence-electron chi connectivity index (χ2n) is 8.24. The van der Waals surface area contributed by atoms with Gasteiger partial charge in [0.25, 0.3) is 0 Å². The molecule has 0 aromatic heterocycles. The van der Waals surface area contributed by atoms with Gasteiger partial charge in [0, 0.05) is 5.75 Å². The Balaban J connectivity index is 5.33. The van der Waals surface area contributed by atoms with Crippen LogP contribution in [0.2, 0.25) is 0 Å². The van der Waals surface area contributed by atoms with Crippen molar-refractivity contribution in [2.24, 2.45) is 17.6 Å². The molecular formula is C19H36N4O6S. The Kier molecular flexibility index (Phi) is 12.6. The maximum Gasteiger partial charge on any atom is 0.327 e. The molecule has 0 bridgehead atoms. The van der Waals surface area contributed by atoms with Crippen molar-refractivity contribution in [2.75, 3.05) is 5.75 Å². The van der Waals surface area contributed by atoms with Crippen LogP contribution >= 0.6 is 12.6 Å². The highest BCUT2D eigenvalue weighted by molar-refractivity contribution is 7.80. The minimum absolute atomic E-state index is 0.0433. The van der Waals surface area contributed by atoms with E-state index in [9.17, 15) is 24.3 Å². The number of amides is 3. The van der Waals surface area contributed by atoms with Crippen LogP contribution in [0.15, 0.2) is 0 Å². The molecule has 0 aliphatic heterocycles. The van der Waals surface area contributed by atoms with Crippen molar-refractivity contribution in [1.82, 2.24) is 16.0 Å². The first kappa shape index (κ1) is 28.1. The lowest BCUT2D eigenvalue weighted by molar-refractivity contribution is -0.142. The van der Waals surface area contributed by atoms with Crippen molar-refractivity contribution in [2.45, 2.75) is 77.7 Å². The zero-order valence-corrected chi connectivity index (χ0v) is 19.1. The van der Waals surface area contributed by atoms with Crippen LogP contribution in [0.5, 0.6) is 0 Å². The molecule has 0 rings (SSSR count). The van der Waals surface area contributed by atoms with Crippen molar-refractivity contribution in [3.05, 3.63) is 0 Å². The van der Waals surface area contributed by atoms with Gasteiger partial charge in [-0.2, -0.15) is 12.6 Å². The fourth-order valence-corrected chi connectivity index (χ4v) is 2.95. The van der Waals surface area contributed by atoms with Crippen molar-refractivity contribution in [3.63, 3.8) is 0 Å². The van der Waals surface area contributed by atoms with Gasteiger partial charge in [0.15, 0.2) is 0 Å². The summed E-state index contributed by atoms with van der Waals surface area (Å²) < 4.78 is 0. The van der Waals surface area contributed by atoms with E-state index in [0.29, 0.717) is 6.42 Å². The van der Waals surface area contributed by atoms with Crippen LogP contribution in [0, 0.1) is 11.8 Å². The summed E-state index contributed by atoms with van der Waals surface area (Å²) in [6.45, 7) is 8.86. The van der Waals surface area contributed by atoms with Gasteiger partial charge in [-0.3, -0.25) is 14.4 Å². The number of carboxylic acids is 1. The summed E-state index contributed by atoms with van der Waals surface area (Å²) >= 11 is 3.87. The number of aliphatic carboxylic acids is 1. The molecule has 5 atom stereocenters. The molecule has 0 spiro atoms. The number of aliphatic hydroxyl groups is 1. The molecule has 10 nitrogen and oxygen atoms in total. The number of carboxylic acid groups (broad SMARTS) is 1. The number of hydrogen-bond donors (Lipinski definition) is 7. The minimum atomic E-state index is -1.41. The third-order valence-electron chi connectivity index (χ3n) is 4.26. The Morgan fingerprint density at radius 3 is 1.73 bits per heavy atom. The number of hydrogen-bond acceptors (Lipinski definition) is 7. The van der Waals surface area contributed by atoms with Gasteiger partial charge in [0.1, 0.15) is 18.1 Å². The topological polar surface area (TPSA) is 171 Å². The summed E-state index contributed by atoms with van der Waals surface area (Å²) in [6, 6.07) is -4.44. The Morgan fingerprint density at radius 2 is 1.33 bits per heavy atom. The summed E-state index contributed by atoms with van der Waals surface area (Å²) in [7, 11) is 0. The molecule has 0 radical (unpaired) electrons. The van der Waals surface area contributed by atoms with Crippen molar-refractivity contribution < 1.29 is 29.4 Å². The third kappa shape index (κ3) is 10.3. The van der Waals surface area contributed by atoms with Crippen LogP contribution in [0.3, 0.4) is 0 Å². The Labute approximate surface area is 183 Å². The van der Waals surface area contributed by atoms with Gasteiger partial charge in [-0.15, -0.1) is 0 Å². The zero-order chi connectivity index (χ0) is 23.6. The first-order valence-electron chi connectivity index (χ1n) is 9.98. The maximum atomic E-state index is 12.8. The molecular weight excluding hydrogens is 412 g/mol. The molecule has 30 heavy (non-hydrogen) atoms. The molecule has 0 fully saturated rings. The Morgan fingerprint density at radius 1 is 0.833 bits per heavy atom. The van der Waals surface area contributed by atoms with Gasteiger partial charge in [-0.25, -0.2) is 4.79 Å². The van der Waals surface area contributed by atoms with Crippen LogP contribution in [0.4, 0.5) is 0 Å². The van der Waals surface area contributed by atoms with E-state index in [2.05, 4.69) is 28.6 Å². The molecule has 5 unspecified atom stereocenters. The van der Waals surface area contributed by atoms with Gasteiger partial charge in [0.2, 0.25) is 17.7 Å². The number of rotatable bonds is 13. The SMILES string of the molecule is CC(C)CC(N)C(=O)NC(CC(C)C)C(=O)NC(C(=O)NC(CS)C(=O)O)C(C)O.